The van der Waals surface area contributed by atoms with Crippen molar-refractivity contribution >= 4 is 22.9 Å². The molecule has 0 aliphatic carbocycles. The van der Waals surface area contributed by atoms with E-state index >= 15 is 0 Å². The highest BCUT2D eigenvalue weighted by Gasteiger charge is 2.29. The van der Waals surface area contributed by atoms with Crippen LogP contribution in [0.25, 0.3) is 11.2 Å². The second-order valence-electron chi connectivity index (χ2n) is 9.49. The van der Waals surface area contributed by atoms with Gasteiger partial charge >= 0.3 is 5.69 Å². The van der Waals surface area contributed by atoms with Crippen LogP contribution in [0.3, 0.4) is 0 Å². The van der Waals surface area contributed by atoms with E-state index in [9.17, 15) is 4.79 Å². The van der Waals surface area contributed by atoms with Gasteiger partial charge in [0, 0.05) is 12.6 Å². The van der Waals surface area contributed by atoms with Crippen LogP contribution in [0.15, 0.2) is 4.79 Å². The lowest BCUT2D eigenvalue weighted by atomic mass is 9.85. The number of rotatable bonds is 10. The maximum Gasteiger partial charge on any atom is 0.328 e. The summed E-state index contributed by atoms with van der Waals surface area (Å²) in [7, 11) is 0. The summed E-state index contributed by atoms with van der Waals surface area (Å²) in [6.07, 6.45) is 10.2. The zero-order valence-electron chi connectivity index (χ0n) is 19.5. The van der Waals surface area contributed by atoms with E-state index in [0.29, 0.717) is 28.8 Å². The molecule has 6 N–H and O–H groups in total. The lowest BCUT2D eigenvalue weighted by Crippen LogP contribution is -2.36. The summed E-state index contributed by atoms with van der Waals surface area (Å²) in [6, 6.07) is 0.137. The number of nitrogens with zero attached hydrogens (tertiary/aromatic N) is 3. The van der Waals surface area contributed by atoms with Crippen molar-refractivity contribution in [2.75, 3.05) is 43.8 Å². The van der Waals surface area contributed by atoms with Crippen LogP contribution < -0.4 is 27.4 Å². The van der Waals surface area contributed by atoms with Crippen LogP contribution in [0.4, 0.5) is 11.8 Å². The first kappa shape index (κ1) is 23.0. The molecule has 2 fully saturated rings. The number of anilines is 2. The number of fused-ring (bicyclic) bond motifs is 1. The van der Waals surface area contributed by atoms with Crippen molar-refractivity contribution < 1.29 is 0 Å². The number of aromatic nitrogens is 4. The number of hydrogen-bond donors (Lipinski definition) is 5. The van der Waals surface area contributed by atoms with Gasteiger partial charge in [0.15, 0.2) is 11.5 Å². The van der Waals surface area contributed by atoms with Gasteiger partial charge < -0.3 is 26.7 Å². The third kappa shape index (κ3) is 5.43. The number of nitrogens with two attached hydrogens (primary N) is 1. The summed E-state index contributed by atoms with van der Waals surface area (Å²) in [5.41, 5.74) is 7.32. The zero-order chi connectivity index (χ0) is 22.3. The molecule has 0 amide bonds. The Balaban J connectivity index is 1.60. The first-order valence-corrected chi connectivity index (χ1v) is 12.6. The summed E-state index contributed by atoms with van der Waals surface area (Å²) in [6.45, 7) is 7.23. The molecule has 9 nitrogen and oxygen atoms in total. The molecule has 0 spiro atoms. The monoisotopic (exact) mass is 444 g/mol. The van der Waals surface area contributed by atoms with E-state index in [1.807, 2.05) is 4.57 Å². The minimum atomic E-state index is -0.114. The Bertz CT molecular complexity index is 911. The van der Waals surface area contributed by atoms with Crippen molar-refractivity contribution in [3.8, 4) is 0 Å². The molecule has 1 unspecified atom stereocenters. The van der Waals surface area contributed by atoms with Crippen molar-refractivity contribution in [1.29, 1.82) is 0 Å². The standard InChI is InChI=1S/C23H40N8O/c1-2-3-11-27-22-29-20(24)19-21(30-22)31(23(32)28-19)18(17-9-14-26-15-10-17)6-4-5-16-7-12-25-13-8-16/h16-18,25-26H,2-15H2,1H3,(H,28,32)(H3,24,27,29,30). The van der Waals surface area contributed by atoms with E-state index < -0.39 is 0 Å². The van der Waals surface area contributed by atoms with Crippen LogP contribution in [0.1, 0.15) is 70.8 Å². The van der Waals surface area contributed by atoms with Gasteiger partial charge in [0.2, 0.25) is 5.95 Å². The molecule has 0 bridgehead atoms. The van der Waals surface area contributed by atoms with Gasteiger partial charge in [0.25, 0.3) is 0 Å². The van der Waals surface area contributed by atoms with Gasteiger partial charge in [-0.3, -0.25) is 4.57 Å². The molecule has 2 aromatic rings. The lowest BCUT2D eigenvalue weighted by molar-refractivity contribution is 0.234. The Kier molecular flexibility index (Phi) is 8.02. The number of imidazole rings is 1. The second-order valence-corrected chi connectivity index (χ2v) is 9.49. The third-order valence-electron chi connectivity index (χ3n) is 7.24. The van der Waals surface area contributed by atoms with Crippen molar-refractivity contribution in [2.24, 2.45) is 11.8 Å². The van der Waals surface area contributed by atoms with Gasteiger partial charge in [-0.2, -0.15) is 9.97 Å². The highest BCUT2D eigenvalue weighted by atomic mass is 16.1. The van der Waals surface area contributed by atoms with Crippen molar-refractivity contribution in [2.45, 2.75) is 70.8 Å². The summed E-state index contributed by atoms with van der Waals surface area (Å²) in [5, 5.41) is 10.2. The Morgan fingerprint density at radius 2 is 1.81 bits per heavy atom. The number of piperidine rings is 2. The first-order chi connectivity index (χ1) is 15.7. The van der Waals surface area contributed by atoms with E-state index in [2.05, 4.69) is 32.8 Å². The van der Waals surface area contributed by atoms with Gasteiger partial charge in [-0.1, -0.05) is 26.2 Å². The first-order valence-electron chi connectivity index (χ1n) is 12.6. The molecular weight excluding hydrogens is 404 g/mol. The van der Waals surface area contributed by atoms with Gasteiger partial charge in [-0.05, 0) is 76.5 Å². The Morgan fingerprint density at radius 1 is 1.09 bits per heavy atom. The normalized spacial score (nSPS) is 19.4. The molecule has 9 heteroatoms. The minimum Gasteiger partial charge on any atom is -0.382 e. The Morgan fingerprint density at radius 3 is 2.53 bits per heavy atom. The number of unbranched alkanes of at least 4 members (excludes halogenated alkanes) is 1. The van der Waals surface area contributed by atoms with Crippen LogP contribution in [-0.2, 0) is 0 Å². The van der Waals surface area contributed by atoms with Crippen molar-refractivity contribution in [3.63, 3.8) is 0 Å². The number of nitrogen functional groups attached to an aromatic ring is 1. The minimum absolute atomic E-state index is 0.114. The highest BCUT2D eigenvalue weighted by Crippen LogP contribution is 2.33. The maximum atomic E-state index is 13.2. The van der Waals surface area contributed by atoms with Crippen LogP contribution in [0.5, 0.6) is 0 Å². The predicted octanol–water partition coefficient (Wildman–Crippen LogP) is 2.62. The fourth-order valence-electron chi connectivity index (χ4n) is 5.38. The maximum absolute atomic E-state index is 13.2. The smallest absolute Gasteiger partial charge is 0.328 e. The summed E-state index contributed by atoms with van der Waals surface area (Å²) in [4.78, 5) is 25.2. The average molecular weight is 445 g/mol. The predicted molar refractivity (Wildman–Crippen MR) is 130 cm³/mol. The van der Waals surface area contributed by atoms with Gasteiger partial charge in [-0.15, -0.1) is 0 Å². The fraction of sp³-hybridized carbons (Fsp3) is 0.783. The van der Waals surface area contributed by atoms with Crippen LogP contribution in [-0.4, -0.2) is 52.2 Å². The number of hydrogen-bond acceptors (Lipinski definition) is 7. The molecule has 2 saturated heterocycles. The largest absolute Gasteiger partial charge is 0.382 e. The van der Waals surface area contributed by atoms with E-state index in [0.717, 1.165) is 77.2 Å². The van der Waals surface area contributed by atoms with E-state index in [1.54, 1.807) is 0 Å². The molecule has 32 heavy (non-hydrogen) atoms. The molecule has 2 aromatic heterocycles. The van der Waals surface area contributed by atoms with Crippen LogP contribution in [0.2, 0.25) is 0 Å². The van der Waals surface area contributed by atoms with Gasteiger partial charge in [0.1, 0.15) is 5.52 Å². The number of aromatic amines is 1. The van der Waals surface area contributed by atoms with E-state index in [4.69, 9.17) is 10.7 Å². The van der Waals surface area contributed by atoms with Crippen LogP contribution in [0, 0.1) is 11.8 Å². The van der Waals surface area contributed by atoms with Crippen molar-refractivity contribution in [1.82, 2.24) is 30.2 Å². The fourth-order valence-corrected chi connectivity index (χ4v) is 5.38. The van der Waals surface area contributed by atoms with Gasteiger partial charge in [-0.25, -0.2) is 4.79 Å². The Hall–Kier alpha value is -2.13. The van der Waals surface area contributed by atoms with Crippen molar-refractivity contribution in [3.05, 3.63) is 10.5 Å². The topological polar surface area (TPSA) is 126 Å². The molecule has 0 aromatic carbocycles. The summed E-state index contributed by atoms with van der Waals surface area (Å²) < 4.78 is 1.90. The summed E-state index contributed by atoms with van der Waals surface area (Å²) >= 11 is 0. The van der Waals surface area contributed by atoms with Crippen LogP contribution >= 0.6 is 0 Å². The van der Waals surface area contributed by atoms with Gasteiger partial charge in [0.05, 0.1) is 0 Å². The number of H-pyrrole nitrogens is 1. The lowest BCUT2D eigenvalue weighted by Gasteiger charge is -2.32. The molecule has 178 valence electrons. The van der Waals surface area contributed by atoms with E-state index in [1.165, 1.54) is 19.3 Å². The average Bonchev–Trinajstić information content (AvgIpc) is 3.14. The SMILES string of the molecule is CCCCNc1nc(N)c2[nH]c(=O)n(C(CCCC3CCNCC3)C3CCNCC3)c2n1. The second kappa shape index (κ2) is 11.1. The molecular formula is C23H40N8O. The quantitative estimate of drug-likeness (QED) is 0.357. The molecule has 4 heterocycles. The molecule has 1 atom stereocenters. The summed E-state index contributed by atoms with van der Waals surface area (Å²) in [5.74, 6) is 2.11. The number of nitrogens with one attached hydrogen (secondary N) is 4. The molecule has 0 radical (unpaired) electrons. The molecule has 2 aliphatic heterocycles. The molecule has 4 rings (SSSR count). The molecule has 0 saturated carbocycles. The van der Waals surface area contributed by atoms with E-state index in [-0.39, 0.29) is 11.7 Å². The molecule has 2 aliphatic rings. The highest BCUT2D eigenvalue weighted by molar-refractivity contribution is 5.83. The zero-order valence-corrected chi connectivity index (χ0v) is 19.5. The Labute approximate surface area is 190 Å². The third-order valence-corrected chi connectivity index (χ3v) is 7.24.